The van der Waals surface area contributed by atoms with Crippen LogP contribution in [0.2, 0.25) is 0 Å². The Bertz CT molecular complexity index is 1720. The zero-order valence-corrected chi connectivity index (χ0v) is 20.6. The van der Waals surface area contributed by atoms with Crippen LogP contribution in [0.4, 0.5) is 0 Å². The number of hydrogen-bond acceptors (Lipinski definition) is 4. The van der Waals surface area contributed by atoms with Crippen LogP contribution in [-0.4, -0.2) is 29.8 Å². The lowest BCUT2D eigenvalue weighted by molar-refractivity contribution is 0.415. The molecular formula is C28H25N3O3S. The van der Waals surface area contributed by atoms with Crippen LogP contribution in [0.15, 0.2) is 71.8 Å². The summed E-state index contributed by atoms with van der Waals surface area (Å²) >= 11 is 0. The van der Waals surface area contributed by atoms with Crippen molar-refractivity contribution in [2.24, 2.45) is 0 Å². The molecule has 3 aromatic carbocycles. The summed E-state index contributed by atoms with van der Waals surface area (Å²) in [6.45, 7) is 4.56. The van der Waals surface area contributed by atoms with E-state index >= 15 is 0 Å². The molecule has 5 aromatic rings. The van der Waals surface area contributed by atoms with Gasteiger partial charge in [0.1, 0.15) is 5.75 Å². The van der Waals surface area contributed by atoms with Crippen molar-refractivity contribution < 1.29 is 13.2 Å². The minimum atomic E-state index is -3.67. The molecule has 0 saturated carbocycles. The SMILES string of the molecule is COc1ccc2nc(-c3c[nH]c4cc(C)ccc34)c3c(c2c1)CN(S(=O)(=O)c1ccc(C)cc1)C3. The van der Waals surface area contributed by atoms with Gasteiger partial charge in [-0.05, 0) is 66.9 Å². The normalized spacial score (nSPS) is 14.0. The third-order valence-electron chi connectivity index (χ3n) is 6.83. The zero-order valence-electron chi connectivity index (χ0n) is 19.8. The third-order valence-corrected chi connectivity index (χ3v) is 8.64. The minimum Gasteiger partial charge on any atom is -0.497 e. The number of aromatic nitrogens is 2. The molecule has 0 unspecified atom stereocenters. The fourth-order valence-corrected chi connectivity index (χ4v) is 6.30. The molecule has 0 amide bonds. The Labute approximate surface area is 204 Å². The smallest absolute Gasteiger partial charge is 0.243 e. The second-order valence-corrected chi connectivity index (χ2v) is 11.1. The quantitative estimate of drug-likeness (QED) is 0.355. The Balaban J connectivity index is 1.55. The van der Waals surface area contributed by atoms with Crippen LogP contribution in [0.25, 0.3) is 33.1 Å². The van der Waals surface area contributed by atoms with Gasteiger partial charge >= 0.3 is 0 Å². The Morgan fingerprint density at radius 1 is 0.886 bits per heavy atom. The maximum absolute atomic E-state index is 13.6. The monoisotopic (exact) mass is 483 g/mol. The summed E-state index contributed by atoms with van der Waals surface area (Å²) in [6, 6.07) is 19.1. The molecule has 1 N–H and O–H groups in total. The molecule has 0 saturated heterocycles. The van der Waals surface area contributed by atoms with E-state index in [0.29, 0.717) is 4.90 Å². The number of pyridine rings is 1. The van der Waals surface area contributed by atoms with E-state index in [1.165, 1.54) is 5.56 Å². The molecule has 3 heterocycles. The molecule has 0 aliphatic carbocycles. The van der Waals surface area contributed by atoms with Gasteiger partial charge in [-0.15, -0.1) is 0 Å². The summed E-state index contributed by atoms with van der Waals surface area (Å²) in [6.07, 6.45) is 1.97. The first kappa shape index (κ1) is 21.8. The van der Waals surface area contributed by atoms with Crippen LogP contribution in [0.3, 0.4) is 0 Å². The number of rotatable bonds is 4. The molecular weight excluding hydrogens is 458 g/mol. The van der Waals surface area contributed by atoms with Crippen molar-refractivity contribution in [2.75, 3.05) is 7.11 Å². The van der Waals surface area contributed by atoms with Crippen molar-refractivity contribution in [1.29, 1.82) is 0 Å². The predicted octanol–water partition coefficient (Wildman–Crippen LogP) is 5.71. The number of nitrogens with one attached hydrogen (secondary N) is 1. The summed E-state index contributed by atoms with van der Waals surface area (Å²) in [7, 11) is -2.04. The number of ether oxygens (including phenoxy) is 1. The number of sulfonamides is 1. The number of aryl methyl sites for hydroxylation is 2. The van der Waals surface area contributed by atoms with Gasteiger partial charge in [0.2, 0.25) is 10.0 Å². The molecule has 6 nitrogen and oxygen atoms in total. The Hall–Kier alpha value is -3.68. The van der Waals surface area contributed by atoms with Gasteiger partial charge in [0.25, 0.3) is 0 Å². The van der Waals surface area contributed by atoms with Crippen LogP contribution < -0.4 is 4.74 Å². The first-order valence-corrected chi connectivity index (χ1v) is 12.9. The van der Waals surface area contributed by atoms with Gasteiger partial charge in [-0.3, -0.25) is 0 Å². The summed E-state index contributed by atoms with van der Waals surface area (Å²) in [5, 5.41) is 1.98. The first-order chi connectivity index (χ1) is 16.8. The van der Waals surface area contributed by atoms with E-state index in [1.807, 2.05) is 43.5 Å². The maximum atomic E-state index is 13.6. The molecule has 176 valence electrons. The molecule has 0 fully saturated rings. The van der Waals surface area contributed by atoms with Gasteiger partial charge < -0.3 is 9.72 Å². The van der Waals surface area contributed by atoms with E-state index < -0.39 is 10.0 Å². The second-order valence-electron chi connectivity index (χ2n) is 9.14. The number of hydrogen-bond donors (Lipinski definition) is 1. The highest BCUT2D eigenvalue weighted by Crippen LogP contribution is 2.41. The van der Waals surface area contributed by atoms with Crippen LogP contribution in [0, 0.1) is 13.8 Å². The minimum absolute atomic E-state index is 0.263. The molecule has 1 aliphatic heterocycles. The molecule has 2 aromatic heterocycles. The van der Waals surface area contributed by atoms with E-state index in [1.54, 1.807) is 23.5 Å². The van der Waals surface area contributed by atoms with Gasteiger partial charge in [0.15, 0.2) is 0 Å². The summed E-state index contributed by atoms with van der Waals surface area (Å²) in [5.41, 5.74) is 7.74. The van der Waals surface area contributed by atoms with Crippen LogP contribution >= 0.6 is 0 Å². The highest BCUT2D eigenvalue weighted by Gasteiger charge is 2.34. The predicted molar refractivity (Wildman–Crippen MR) is 138 cm³/mol. The Morgan fingerprint density at radius 3 is 2.40 bits per heavy atom. The van der Waals surface area contributed by atoms with E-state index in [4.69, 9.17) is 9.72 Å². The second kappa shape index (κ2) is 7.93. The number of nitrogens with zero attached hydrogens (tertiary/aromatic N) is 2. The number of benzene rings is 3. The van der Waals surface area contributed by atoms with Gasteiger partial charge in [-0.2, -0.15) is 4.31 Å². The van der Waals surface area contributed by atoms with E-state index in [-0.39, 0.29) is 13.1 Å². The van der Waals surface area contributed by atoms with Gasteiger partial charge in [0, 0.05) is 41.1 Å². The average Bonchev–Trinajstić information content (AvgIpc) is 3.49. The molecule has 7 heteroatoms. The maximum Gasteiger partial charge on any atom is 0.243 e. The highest BCUT2D eigenvalue weighted by atomic mass is 32.2. The van der Waals surface area contributed by atoms with Crippen molar-refractivity contribution in [1.82, 2.24) is 14.3 Å². The fraction of sp³-hybridized carbons (Fsp3) is 0.179. The number of methoxy groups -OCH3 is 1. The number of aromatic amines is 1. The van der Waals surface area contributed by atoms with E-state index in [9.17, 15) is 8.42 Å². The summed E-state index contributed by atoms with van der Waals surface area (Å²) in [5.74, 6) is 0.719. The standard InChI is InChI=1S/C28H25N3O3S/c1-17-4-8-20(9-5-17)35(32,33)31-15-24-22-13-19(34-3)7-11-26(22)30-28(25(24)16-31)23-14-29-27-12-18(2)6-10-21(23)27/h4-14,29H,15-16H2,1-3H3. The molecule has 0 radical (unpaired) electrons. The summed E-state index contributed by atoms with van der Waals surface area (Å²) in [4.78, 5) is 8.71. The van der Waals surface area contributed by atoms with Crippen LogP contribution in [0.1, 0.15) is 22.3 Å². The molecule has 0 spiro atoms. The molecule has 6 rings (SSSR count). The van der Waals surface area contributed by atoms with Gasteiger partial charge in [0.05, 0.1) is 23.2 Å². The van der Waals surface area contributed by atoms with E-state index in [0.717, 1.165) is 55.5 Å². The summed E-state index contributed by atoms with van der Waals surface area (Å²) < 4.78 is 34.2. The van der Waals surface area contributed by atoms with Crippen molar-refractivity contribution in [3.8, 4) is 17.0 Å². The number of fused-ring (bicyclic) bond motifs is 4. The molecule has 35 heavy (non-hydrogen) atoms. The lowest BCUT2D eigenvalue weighted by Crippen LogP contribution is -2.25. The van der Waals surface area contributed by atoms with Gasteiger partial charge in [-0.25, -0.2) is 13.4 Å². The highest BCUT2D eigenvalue weighted by molar-refractivity contribution is 7.89. The largest absolute Gasteiger partial charge is 0.497 e. The van der Waals surface area contributed by atoms with Crippen LogP contribution in [0.5, 0.6) is 5.75 Å². The zero-order chi connectivity index (χ0) is 24.3. The van der Waals surface area contributed by atoms with Crippen molar-refractivity contribution in [2.45, 2.75) is 31.8 Å². The molecule has 0 bridgehead atoms. The first-order valence-electron chi connectivity index (χ1n) is 11.5. The number of H-pyrrole nitrogens is 1. The Morgan fingerprint density at radius 2 is 1.63 bits per heavy atom. The lowest BCUT2D eigenvalue weighted by Gasteiger charge is -2.16. The molecule has 0 atom stereocenters. The topological polar surface area (TPSA) is 75.3 Å². The van der Waals surface area contributed by atoms with E-state index in [2.05, 4.69) is 30.1 Å². The third kappa shape index (κ3) is 3.50. The van der Waals surface area contributed by atoms with Crippen LogP contribution in [-0.2, 0) is 23.1 Å². The lowest BCUT2D eigenvalue weighted by atomic mass is 9.98. The average molecular weight is 484 g/mol. The Kier molecular flexibility index (Phi) is 4.95. The van der Waals surface area contributed by atoms with Gasteiger partial charge in [-0.1, -0.05) is 29.8 Å². The van der Waals surface area contributed by atoms with Crippen molar-refractivity contribution >= 4 is 31.8 Å². The molecule has 1 aliphatic rings. The van der Waals surface area contributed by atoms with Crippen molar-refractivity contribution in [3.63, 3.8) is 0 Å². The van der Waals surface area contributed by atoms with Crippen molar-refractivity contribution in [3.05, 3.63) is 89.1 Å². The fourth-order valence-electron chi connectivity index (χ4n) is 4.92.